The molecule has 0 amide bonds. The van der Waals surface area contributed by atoms with E-state index in [9.17, 15) is 4.79 Å². The summed E-state index contributed by atoms with van der Waals surface area (Å²) < 4.78 is 10.7. The molecule has 5 heteroatoms. The largest absolute Gasteiger partial charge is 0.489 e. The van der Waals surface area contributed by atoms with Crippen LogP contribution in [0.1, 0.15) is 21.5 Å². The first-order chi connectivity index (χ1) is 10.1. The van der Waals surface area contributed by atoms with Crippen LogP contribution in [-0.4, -0.2) is 18.2 Å². The number of carbonyl (C=O) groups is 1. The van der Waals surface area contributed by atoms with Crippen LogP contribution < -0.4 is 4.74 Å². The molecule has 21 heavy (non-hydrogen) atoms. The molecular weight excluding hydrogens is 292 g/mol. The number of benzene rings is 2. The quantitative estimate of drug-likeness (QED) is 0.882. The van der Waals surface area contributed by atoms with E-state index in [4.69, 9.17) is 26.2 Å². The summed E-state index contributed by atoms with van der Waals surface area (Å²) in [6.07, 6.45) is 0. The van der Waals surface area contributed by atoms with E-state index < -0.39 is 5.97 Å². The van der Waals surface area contributed by atoms with Gasteiger partial charge in [0.2, 0.25) is 0 Å². The zero-order valence-electron chi connectivity index (χ0n) is 11.5. The summed E-state index contributed by atoms with van der Waals surface area (Å²) in [7, 11) is 1.64. The fraction of sp³-hybridized carbons (Fsp3) is 0.188. The summed E-state index contributed by atoms with van der Waals surface area (Å²) in [5.41, 5.74) is 1.91. The second-order valence-corrected chi connectivity index (χ2v) is 4.89. The van der Waals surface area contributed by atoms with E-state index in [0.29, 0.717) is 17.4 Å². The summed E-state index contributed by atoms with van der Waals surface area (Å²) >= 11 is 6.06. The number of rotatable bonds is 6. The summed E-state index contributed by atoms with van der Waals surface area (Å²) in [5, 5.41) is 9.27. The van der Waals surface area contributed by atoms with Crippen molar-refractivity contribution in [2.24, 2.45) is 0 Å². The van der Waals surface area contributed by atoms with Gasteiger partial charge in [0.15, 0.2) is 0 Å². The average Bonchev–Trinajstić information content (AvgIpc) is 2.46. The molecule has 0 aliphatic carbocycles. The first-order valence-corrected chi connectivity index (χ1v) is 6.70. The third-order valence-electron chi connectivity index (χ3n) is 2.90. The van der Waals surface area contributed by atoms with Crippen molar-refractivity contribution < 1.29 is 19.4 Å². The standard InChI is InChI=1S/C16H15ClO4/c1-20-9-11-3-2-4-14(7-11)21-10-13-6-5-12(16(18)19)8-15(13)17/h2-8H,9-10H2,1H3,(H,18,19). The third kappa shape index (κ3) is 4.21. The van der Waals surface area contributed by atoms with Crippen LogP contribution in [0.2, 0.25) is 5.02 Å². The van der Waals surface area contributed by atoms with Crippen LogP contribution >= 0.6 is 11.6 Å². The highest BCUT2D eigenvalue weighted by Crippen LogP contribution is 2.21. The fourth-order valence-corrected chi connectivity index (χ4v) is 2.09. The number of ether oxygens (including phenoxy) is 2. The van der Waals surface area contributed by atoms with Crippen molar-refractivity contribution >= 4 is 17.6 Å². The Kier molecular flexibility index (Phi) is 5.20. The molecule has 2 rings (SSSR count). The highest BCUT2D eigenvalue weighted by atomic mass is 35.5. The van der Waals surface area contributed by atoms with Gasteiger partial charge >= 0.3 is 5.97 Å². The molecule has 0 radical (unpaired) electrons. The minimum atomic E-state index is -1.00. The molecular formula is C16H15ClO4. The van der Waals surface area contributed by atoms with E-state index in [1.807, 2.05) is 24.3 Å². The maximum Gasteiger partial charge on any atom is 0.335 e. The Bertz CT molecular complexity index is 640. The van der Waals surface area contributed by atoms with Crippen LogP contribution in [0.3, 0.4) is 0 Å². The van der Waals surface area contributed by atoms with Gasteiger partial charge in [0.25, 0.3) is 0 Å². The Labute approximate surface area is 127 Å². The SMILES string of the molecule is COCc1cccc(OCc2ccc(C(=O)O)cc2Cl)c1. The smallest absolute Gasteiger partial charge is 0.335 e. The lowest BCUT2D eigenvalue weighted by molar-refractivity contribution is 0.0697. The minimum Gasteiger partial charge on any atom is -0.489 e. The highest BCUT2D eigenvalue weighted by molar-refractivity contribution is 6.31. The van der Waals surface area contributed by atoms with Crippen LogP contribution in [0.25, 0.3) is 0 Å². The molecule has 0 aliphatic heterocycles. The molecule has 0 aliphatic rings. The Hall–Kier alpha value is -2.04. The molecule has 0 spiro atoms. The van der Waals surface area contributed by atoms with Crippen molar-refractivity contribution in [2.75, 3.05) is 7.11 Å². The summed E-state index contributed by atoms with van der Waals surface area (Å²) in [5.74, 6) is -0.292. The van der Waals surface area contributed by atoms with Gasteiger partial charge in [0.1, 0.15) is 12.4 Å². The Balaban J connectivity index is 2.06. The molecule has 4 nitrogen and oxygen atoms in total. The van der Waals surface area contributed by atoms with Crippen LogP contribution in [0.5, 0.6) is 5.75 Å². The summed E-state index contributed by atoms with van der Waals surface area (Å²) in [4.78, 5) is 10.8. The van der Waals surface area contributed by atoms with Crippen molar-refractivity contribution in [3.8, 4) is 5.75 Å². The molecule has 0 heterocycles. The Morgan fingerprint density at radius 2 is 2.00 bits per heavy atom. The number of methoxy groups -OCH3 is 1. The second-order valence-electron chi connectivity index (χ2n) is 4.48. The topological polar surface area (TPSA) is 55.8 Å². The summed E-state index contributed by atoms with van der Waals surface area (Å²) in [6, 6.07) is 12.2. The van der Waals surface area contributed by atoms with Crippen LogP contribution in [-0.2, 0) is 18.0 Å². The number of halogens is 1. The van der Waals surface area contributed by atoms with Crippen molar-refractivity contribution in [2.45, 2.75) is 13.2 Å². The van der Waals surface area contributed by atoms with Gasteiger partial charge in [-0.15, -0.1) is 0 Å². The molecule has 110 valence electrons. The predicted octanol–water partition coefficient (Wildman–Crippen LogP) is 3.76. The summed E-state index contributed by atoms with van der Waals surface area (Å²) in [6.45, 7) is 0.792. The number of hydrogen-bond acceptors (Lipinski definition) is 3. The Morgan fingerprint density at radius 1 is 1.19 bits per heavy atom. The van der Waals surface area contributed by atoms with E-state index >= 15 is 0 Å². The van der Waals surface area contributed by atoms with Gasteiger partial charge in [-0.2, -0.15) is 0 Å². The maximum atomic E-state index is 10.8. The lowest BCUT2D eigenvalue weighted by Gasteiger charge is -2.09. The number of carboxylic acids is 1. The maximum absolute atomic E-state index is 10.8. The van der Waals surface area contributed by atoms with Crippen LogP contribution in [0.4, 0.5) is 0 Å². The normalized spacial score (nSPS) is 10.4. The second kappa shape index (κ2) is 7.11. The van der Waals surface area contributed by atoms with E-state index in [0.717, 1.165) is 11.1 Å². The lowest BCUT2D eigenvalue weighted by Crippen LogP contribution is -2.00. The minimum absolute atomic E-state index is 0.158. The van der Waals surface area contributed by atoms with Gasteiger partial charge in [0, 0.05) is 17.7 Å². The van der Waals surface area contributed by atoms with Gasteiger partial charge in [-0.25, -0.2) is 4.79 Å². The first-order valence-electron chi connectivity index (χ1n) is 6.32. The zero-order chi connectivity index (χ0) is 15.2. The molecule has 0 aromatic heterocycles. The molecule has 0 atom stereocenters. The van der Waals surface area contributed by atoms with Gasteiger partial charge in [-0.05, 0) is 29.8 Å². The molecule has 2 aromatic carbocycles. The molecule has 2 aromatic rings. The van der Waals surface area contributed by atoms with E-state index in [-0.39, 0.29) is 12.2 Å². The molecule has 0 unspecified atom stereocenters. The lowest BCUT2D eigenvalue weighted by atomic mass is 10.1. The average molecular weight is 307 g/mol. The van der Waals surface area contributed by atoms with Crippen molar-refractivity contribution in [3.05, 3.63) is 64.2 Å². The monoisotopic (exact) mass is 306 g/mol. The van der Waals surface area contributed by atoms with E-state index in [1.165, 1.54) is 12.1 Å². The van der Waals surface area contributed by atoms with Crippen molar-refractivity contribution in [1.82, 2.24) is 0 Å². The predicted molar refractivity (Wildman–Crippen MR) is 79.9 cm³/mol. The van der Waals surface area contributed by atoms with E-state index in [1.54, 1.807) is 13.2 Å². The van der Waals surface area contributed by atoms with Crippen LogP contribution in [0, 0.1) is 0 Å². The molecule has 0 bridgehead atoms. The molecule has 0 fully saturated rings. The fourth-order valence-electron chi connectivity index (χ4n) is 1.85. The van der Waals surface area contributed by atoms with Crippen molar-refractivity contribution in [1.29, 1.82) is 0 Å². The zero-order valence-corrected chi connectivity index (χ0v) is 12.3. The number of hydrogen-bond donors (Lipinski definition) is 1. The number of carboxylic acid groups (broad SMARTS) is 1. The van der Waals surface area contributed by atoms with Gasteiger partial charge < -0.3 is 14.6 Å². The van der Waals surface area contributed by atoms with Crippen molar-refractivity contribution in [3.63, 3.8) is 0 Å². The van der Waals surface area contributed by atoms with Gasteiger partial charge in [0.05, 0.1) is 12.2 Å². The van der Waals surface area contributed by atoms with Gasteiger partial charge in [-0.1, -0.05) is 29.8 Å². The number of aromatic carboxylic acids is 1. The van der Waals surface area contributed by atoms with Crippen LogP contribution in [0.15, 0.2) is 42.5 Å². The molecule has 0 saturated carbocycles. The van der Waals surface area contributed by atoms with Gasteiger partial charge in [-0.3, -0.25) is 0 Å². The first kappa shape index (κ1) is 15.4. The third-order valence-corrected chi connectivity index (χ3v) is 3.26. The molecule has 1 N–H and O–H groups in total. The van der Waals surface area contributed by atoms with E-state index in [2.05, 4.69) is 0 Å². The Morgan fingerprint density at radius 3 is 2.67 bits per heavy atom. The molecule has 0 saturated heterocycles. The highest BCUT2D eigenvalue weighted by Gasteiger charge is 2.07.